The number of nitrogens with zero attached hydrogens (tertiary/aromatic N) is 4. The van der Waals surface area contributed by atoms with Crippen molar-refractivity contribution >= 4 is 44.6 Å². The largest absolute Gasteiger partial charge is 0.294 e. The highest BCUT2D eigenvalue weighted by molar-refractivity contribution is 7.99. The van der Waals surface area contributed by atoms with Crippen LogP contribution in [0.1, 0.15) is 46.1 Å². The van der Waals surface area contributed by atoms with Gasteiger partial charge in [-0.3, -0.25) is 4.57 Å². The van der Waals surface area contributed by atoms with Gasteiger partial charge >= 0.3 is 0 Å². The molecule has 48 heavy (non-hydrogen) atoms. The first-order valence-corrected chi connectivity index (χ1v) is 17.5. The molecule has 8 rings (SSSR count). The SMILES string of the molecule is CC(C)c1ccccc1-c1ccnc(-n2c3ccccc3c3ccc(Sc4cccc(-n5[cH+]n(C(C)(C)C)c6ccccc65)c4)cc32)c1. The van der Waals surface area contributed by atoms with E-state index in [-0.39, 0.29) is 5.54 Å². The lowest BCUT2D eigenvalue weighted by molar-refractivity contribution is 0.406. The third-order valence-corrected chi connectivity index (χ3v) is 10.2. The zero-order valence-corrected chi connectivity index (χ0v) is 28.9. The van der Waals surface area contributed by atoms with Crippen molar-refractivity contribution < 1.29 is 0 Å². The summed E-state index contributed by atoms with van der Waals surface area (Å²) >= 11 is 1.79. The number of rotatable bonds is 6. The molecule has 0 N–H and O–H groups in total. The number of fused-ring (bicyclic) bond motifs is 4. The second-order valence-corrected chi connectivity index (χ2v) is 14.9. The zero-order valence-electron chi connectivity index (χ0n) is 28.1. The first-order valence-electron chi connectivity index (χ1n) is 16.7. The van der Waals surface area contributed by atoms with E-state index in [1.54, 1.807) is 11.8 Å². The van der Waals surface area contributed by atoms with E-state index in [9.17, 15) is 0 Å². The molecule has 4 nitrogen and oxygen atoms in total. The Morgan fingerprint density at radius 2 is 1.35 bits per heavy atom. The number of benzene rings is 5. The average Bonchev–Trinajstić information content (AvgIpc) is 3.65. The van der Waals surface area contributed by atoms with Gasteiger partial charge in [-0.2, -0.15) is 4.57 Å². The van der Waals surface area contributed by atoms with E-state index in [2.05, 4.69) is 182 Å². The molecule has 0 spiro atoms. The second-order valence-electron chi connectivity index (χ2n) is 13.8. The molecule has 0 saturated carbocycles. The number of aromatic nitrogens is 4. The van der Waals surface area contributed by atoms with Gasteiger partial charge in [0.15, 0.2) is 17.4 Å². The van der Waals surface area contributed by atoms with Crippen molar-refractivity contribution in [1.82, 2.24) is 18.7 Å². The molecule has 0 saturated heterocycles. The number of pyridine rings is 1. The van der Waals surface area contributed by atoms with Gasteiger partial charge in [-0.25, -0.2) is 9.55 Å². The number of hydrogen-bond acceptors (Lipinski definition) is 2. The Balaban J connectivity index is 1.22. The fourth-order valence-corrected chi connectivity index (χ4v) is 7.82. The van der Waals surface area contributed by atoms with E-state index in [4.69, 9.17) is 4.98 Å². The Morgan fingerprint density at radius 3 is 2.17 bits per heavy atom. The summed E-state index contributed by atoms with van der Waals surface area (Å²) in [6, 6.07) is 46.1. The van der Waals surface area contributed by atoms with Gasteiger partial charge in [0.05, 0.1) is 16.6 Å². The van der Waals surface area contributed by atoms with Crippen molar-refractivity contribution in [1.29, 1.82) is 0 Å². The number of para-hydroxylation sites is 3. The Hall–Kier alpha value is -5.13. The minimum atomic E-state index is -0.0305. The summed E-state index contributed by atoms with van der Waals surface area (Å²) in [5.74, 6) is 1.35. The molecule has 0 aliphatic heterocycles. The summed E-state index contributed by atoms with van der Waals surface area (Å²) in [5, 5.41) is 2.46. The van der Waals surface area contributed by atoms with Crippen LogP contribution in [-0.4, -0.2) is 18.7 Å². The molecule has 0 unspecified atom stereocenters. The molecule has 0 atom stereocenters. The van der Waals surface area contributed by atoms with Crippen molar-refractivity contribution in [3.05, 3.63) is 145 Å². The van der Waals surface area contributed by atoms with Gasteiger partial charge in [0, 0.05) is 51.0 Å². The molecule has 0 amide bonds. The maximum Gasteiger partial charge on any atom is 0.191 e. The molecular weight excluding hydrogens is 605 g/mol. The Bertz CT molecular complexity index is 2460. The Kier molecular flexibility index (Phi) is 7.45. The lowest BCUT2D eigenvalue weighted by Crippen LogP contribution is -2.20. The molecule has 0 aliphatic rings. The van der Waals surface area contributed by atoms with Gasteiger partial charge in [-0.15, -0.1) is 0 Å². The molecule has 3 heterocycles. The van der Waals surface area contributed by atoms with E-state index >= 15 is 0 Å². The standard InChI is InChI=1S/C43H39N4S/c1-29(2)34-15-6-7-16-35(34)30-23-24-44-42(25-30)47-38-18-9-8-17-36(38)37-22-21-33(27-41(37)47)48-32-14-12-13-31(26-32)45-28-46(43(3,4)5)40-20-11-10-19-39(40)45/h6-29H,1-5H3/q+1. The van der Waals surface area contributed by atoms with E-state index < -0.39 is 0 Å². The lowest BCUT2D eigenvalue weighted by Gasteiger charge is -2.17. The van der Waals surface area contributed by atoms with E-state index in [1.807, 2.05) is 6.20 Å². The van der Waals surface area contributed by atoms with Crippen molar-refractivity contribution in [3.8, 4) is 22.6 Å². The van der Waals surface area contributed by atoms with Crippen LogP contribution in [0, 0.1) is 0 Å². The molecule has 5 heteroatoms. The van der Waals surface area contributed by atoms with Crippen LogP contribution in [0.4, 0.5) is 0 Å². The highest BCUT2D eigenvalue weighted by Crippen LogP contribution is 2.38. The smallest absolute Gasteiger partial charge is 0.191 e. The van der Waals surface area contributed by atoms with Gasteiger partial charge in [0.2, 0.25) is 0 Å². The summed E-state index contributed by atoms with van der Waals surface area (Å²) in [6.07, 6.45) is 4.18. The average molecular weight is 644 g/mol. The highest BCUT2D eigenvalue weighted by atomic mass is 32.2. The van der Waals surface area contributed by atoms with Crippen LogP contribution in [0.3, 0.4) is 0 Å². The third-order valence-electron chi connectivity index (χ3n) is 9.20. The Morgan fingerprint density at radius 1 is 0.646 bits per heavy atom. The van der Waals surface area contributed by atoms with Crippen molar-refractivity contribution in [2.45, 2.75) is 55.9 Å². The van der Waals surface area contributed by atoms with Gasteiger partial charge in [-0.1, -0.05) is 74.1 Å². The van der Waals surface area contributed by atoms with Crippen LogP contribution in [0.5, 0.6) is 0 Å². The van der Waals surface area contributed by atoms with E-state index in [1.165, 1.54) is 48.3 Å². The molecular formula is C43H39N4S+. The molecule has 236 valence electrons. The summed E-state index contributed by atoms with van der Waals surface area (Å²) < 4.78 is 6.99. The monoisotopic (exact) mass is 643 g/mol. The fraction of sp³-hybridized carbons (Fsp3) is 0.163. The van der Waals surface area contributed by atoms with E-state index in [0.717, 1.165) is 22.5 Å². The molecule has 5 aromatic carbocycles. The molecule has 0 aliphatic carbocycles. The molecule has 0 fully saturated rings. The molecule has 8 aromatic rings. The van der Waals surface area contributed by atoms with Crippen LogP contribution in [0.25, 0.3) is 55.5 Å². The topological polar surface area (TPSA) is 27.7 Å². The Labute approximate surface area is 286 Å². The maximum absolute atomic E-state index is 4.94. The van der Waals surface area contributed by atoms with Crippen LogP contribution < -0.4 is 0 Å². The minimum absolute atomic E-state index is 0.0305. The predicted molar refractivity (Wildman–Crippen MR) is 203 cm³/mol. The zero-order chi connectivity index (χ0) is 33.0. The van der Waals surface area contributed by atoms with Crippen molar-refractivity contribution in [2.24, 2.45) is 0 Å². The summed E-state index contributed by atoms with van der Waals surface area (Å²) in [7, 11) is 0. The number of imidazole rings is 1. The van der Waals surface area contributed by atoms with Crippen LogP contribution in [0.2, 0.25) is 0 Å². The predicted octanol–water partition coefficient (Wildman–Crippen LogP) is 11.9. The first-order chi connectivity index (χ1) is 23.3. The molecule has 0 bridgehead atoms. The normalized spacial score (nSPS) is 12.1. The summed E-state index contributed by atoms with van der Waals surface area (Å²) in [4.78, 5) is 7.32. The van der Waals surface area contributed by atoms with Crippen molar-refractivity contribution in [3.63, 3.8) is 0 Å². The lowest BCUT2D eigenvalue weighted by atomic mass is 9.93. The van der Waals surface area contributed by atoms with Crippen LogP contribution in [0.15, 0.2) is 150 Å². The highest BCUT2D eigenvalue weighted by Gasteiger charge is 2.24. The van der Waals surface area contributed by atoms with Gasteiger partial charge in [0.25, 0.3) is 0 Å². The molecule has 0 radical (unpaired) electrons. The van der Waals surface area contributed by atoms with Gasteiger partial charge in [0.1, 0.15) is 11.5 Å². The third kappa shape index (κ3) is 5.29. The van der Waals surface area contributed by atoms with Crippen LogP contribution >= 0.6 is 11.8 Å². The van der Waals surface area contributed by atoms with Gasteiger partial charge in [-0.05, 0) is 98.0 Å². The van der Waals surface area contributed by atoms with E-state index in [0.29, 0.717) is 5.92 Å². The van der Waals surface area contributed by atoms with Gasteiger partial charge < -0.3 is 0 Å². The first kappa shape index (κ1) is 30.2. The summed E-state index contributed by atoms with van der Waals surface area (Å²) in [6.45, 7) is 11.3. The quantitative estimate of drug-likeness (QED) is 0.169. The fourth-order valence-electron chi connectivity index (χ4n) is 6.92. The van der Waals surface area contributed by atoms with Crippen LogP contribution in [-0.2, 0) is 5.54 Å². The second kappa shape index (κ2) is 11.8. The summed E-state index contributed by atoms with van der Waals surface area (Å²) in [5.41, 5.74) is 9.65. The number of hydrogen-bond donors (Lipinski definition) is 0. The maximum atomic E-state index is 4.94. The minimum Gasteiger partial charge on any atom is -0.294 e. The molecule has 3 aromatic heterocycles. The van der Waals surface area contributed by atoms with Crippen molar-refractivity contribution in [2.75, 3.05) is 0 Å².